The van der Waals surface area contributed by atoms with E-state index in [0.717, 1.165) is 24.9 Å². The molecule has 0 saturated carbocycles. The van der Waals surface area contributed by atoms with Gasteiger partial charge in [-0.1, -0.05) is 13.8 Å². The van der Waals surface area contributed by atoms with E-state index in [1.54, 1.807) is 0 Å². The Bertz CT molecular complexity index is 335. The number of nitrogen functional groups attached to an aromatic ring is 1. The lowest BCUT2D eigenvalue weighted by Gasteiger charge is -2.21. The molecule has 0 amide bonds. The van der Waals surface area contributed by atoms with Crippen molar-refractivity contribution in [3.63, 3.8) is 0 Å². The number of hydrogen-bond donors (Lipinski definition) is 1. The second kappa shape index (κ2) is 5.04. The Kier molecular flexibility index (Phi) is 3.69. The fourth-order valence-corrected chi connectivity index (χ4v) is 3.16. The van der Waals surface area contributed by atoms with Gasteiger partial charge in [0.05, 0.1) is 0 Å². The lowest BCUT2D eigenvalue weighted by atomic mass is 9.89. The summed E-state index contributed by atoms with van der Waals surface area (Å²) in [5.74, 6) is 2.35. The van der Waals surface area contributed by atoms with E-state index in [1.165, 1.54) is 35.8 Å². The standard InChI is InChI=1S/C12H21N3S/c1-9(2)10-4-3-6-15(7-5-10)12-8-11(13)14-16-12/h8-10H,3-7H2,1-2H3,(H2,13,14). The Labute approximate surface area is 102 Å². The van der Waals surface area contributed by atoms with Gasteiger partial charge in [-0.3, -0.25) is 0 Å². The number of anilines is 2. The highest BCUT2D eigenvalue weighted by atomic mass is 32.1. The maximum Gasteiger partial charge on any atom is 0.139 e. The van der Waals surface area contributed by atoms with Crippen molar-refractivity contribution in [2.24, 2.45) is 11.8 Å². The molecule has 0 aromatic carbocycles. The highest BCUT2D eigenvalue weighted by molar-refractivity contribution is 7.10. The number of hydrogen-bond acceptors (Lipinski definition) is 4. The summed E-state index contributed by atoms with van der Waals surface area (Å²) in [5, 5.41) is 1.24. The molecule has 1 aromatic rings. The van der Waals surface area contributed by atoms with Crippen molar-refractivity contribution in [3.05, 3.63) is 6.07 Å². The third kappa shape index (κ3) is 2.67. The summed E-state index contributed by atoms with van der Waals surface area (Å²) in [4.78, 5) is 2.44. The first kappa shape index (κ1) is 11.7. The largest absolute Gasteiger partial charge is 0.383 e. The molecule has 1 aliphatic heterocycles. The summed E-state index contributed by atoms with van der Waals surface area (Å²) in [6.07, 6.45) is 3.96. The van der Waals surface area contributed by atoms with Gasteiger partial charge in [0.15, 0.2) is 0 Å². The first-order valence-corrected chi connectivity index (χ1v) is 6.91. The lowest BCUT2D eigenvalue weighted by Crippen LogP contribution is -2.23. The predicted molar refractivity (Wildman–Crippen MR) is 70.9 cm³/mol. The number of nitrogens with two attached hydrogens (primary N) is 1. The van der Waals surface area contributed by atoms with E-state index in [2.05, 4.69) is 23.1 Å². The predicted octanol–water partition coefficient (Wildman–Crippen LogP) is 2.99. The SMILES string of the molecule is CC(C)C1CCCN(c2cc(N)ns2)CC1. The minimum atomic E-state index is 0.657. The van der Waals surface area contributed by atoms with Gasteiger partial charge in [-0.25, -0.2) is 0 Å². The molecule has 0 bridgehead atoms. The number of aromatic nitrogens is 1. The molecule has 1 aromatic heterocycles. The highest BCUT2D eigenvalue weighted by Crippen LogP contribution is 2.29. The second-order valence-corrected chi connectivity index (χ2v) is 5.80. The Balaban J connectivity index is 1.98. The van der Waals surface area contributed by atoms with Crippen molar-refractivity contribution < 1.29 is 0 Å². The fourth-order valence-electron chi connectivity index (χ4n) is 2.44. The van der Waals surface area contributed by atoms with Crippen molar-refractivity contribution in [1.29, 1.82) is 0 Å². The summed E-state index contributed by atoms with van der Waals surface area (Å²) in [7, 11) is 0. The van der Waals surface area contributed by atoms with Gasteiger partial charge in [0.1, 0.15) is 10.8 Å². The monoisotopic (exact) mass is 239 g/mol. The molecule has 2 rings (SSSR count). The van der Waals surface area contributed by atoms with Crippen LogP contribution in [-0.4, -0.2) is 17.5 Å². The first-order chi connectivity index (χ1) is 7.66. The van der Waals surface area contributed by atoms with Gasteiger partial charge in [-0.15, -0.1) is 0 Å². The summed E-state index contributed by atoms with van der Waals surface area (Å²) in [6, 6.07) is 2.00. The molecule has 1 saturated heterocycles. The molecule has 1 unspecified atom stereocenters. The average molecular weight is 239 g/mol. The lowest BCUT2D eigenvalue weighted by molar-refractivity contribution is 0.351. The third-order valence-electron chi connectivity index (χ3n) is 3.54. The van der Waals surface area contributed by atoms with Crippen molar-refractivity contribution in [3.8, 4) is 0 Å². The Morgan fingerprint density at radius 3 is 2.88 bits per heavy atom. The quantitative estimate of drug-likeness (QED) is 0.862. The third-order valence-corrected chi connectivity index (χ3v) is 4.41. The molecular weight excluding hydrogens is 218 g/mol. The van der Waals surface area contributed by atoms with Crippen LogP contribution in [0.4, 0.5) is 10.8 Å². The molecule has 0 spiro atoms. The average Bonchev–Trinajstić information content (AvgIpc) is 2.54. The maximum atomic E-state index is 5.67. The van der Waals surface area contributed by atoms with Gasteiger partial charge in [-0.2, -0.15) is 4.37 Å². The van der Waals surface area contributed by atoms with Crippen molar-refractivity contribution in [2.45, 2.75) is 33.1 Å². The van der Waals surface area contributed by atoms with Gasteiger partial charge < -0.3 is 10.6 Å². The zero-order valence-corrected chi connectivity index (χ0v) is 11.0. The molecule has 1 aliphatic rings. The molecule has 1 atom stereocenters. The van der Waals surface area contributed by atoms with E-state index in [9.17, 15) is 0 Å². The summed E-state index contributed by atoms with van der Waals surface area (Å²) < 4.78 is 4.15. The molecule has 2 N–H and O–H groups in total. The normalized spacial score (nSPS) is 22.4. The Morgan fingerprint density at radius 1 is 1.44 bits per heavy atom. The van der Waals surface area contributed by atoms with Crippen molar-refractivity contribution in [1.82, 2.24) is 4.37 Å². The van der Waals surface area contributed by atoms with E-state index in [-0.39, 0.29) is 0 Å². The van der Waals surface area contributed by atoms with Gasteiger partial charge in [0.25, 0.3) is 0 Å². The molecule has 16 heavy (non-hydrogen) atoms. The first-order valence-electron chi connectivity index (χ1n) is 6.14. The van der Waals surface area contributed by atoms with Gasteiger partial charge in [0, 0.05) is 19.2 Å². The maximum absolute atomic E-state index is 5.67. The van der Waals surface area contributed by atoms with Crippen LogP contribution in [0.5, 0.6) is 0 Å². The topological polar surface area (TPSA) is 42.1 Å². The van der Waals surface area contributed by atoms with E-state index in [4.69, 9.17) is 5.73 Å². The fraction of sp³-hybridized carbons (Fsp3) is 0.750. The molecule has 0 radical (unpaired) electrons. The number of rotatable bonds is 2. The molecule has 3 nitrogen and oxygen atoms in total. The number of nitrogens with zero attached hydrogens (tertiary/aromatic N) is 2. The molecule has 1 fully saturated rings. The molecule has 0 aliphatic carbocycles. The minimum absolute atomic E-state index is 0.657. The van der Waals surface area contributed by atoms with E-state index in [1.807, 2.05) is 6.07 Å². The Morgan fingerprint density at radius 2 is 2.25 bits per heavy atom. The van der Waals surface area contributed by atoms with Crippen LogP contribution in [0.2, 0.25) is 0 Å². The van der Waals surface area contributed by atoms with Crippen LogP contribution >= 0.6 is 11.5 Å². The zero-order chi connectivity index (χ0) is 11.5. The zero-order valence-electron chi connectivity index (χ0n) is 10.1. The van der Waals surface area contributed by atoms with Crippen LogP contribution in [0.3, 0.4) is 0 Å². The molecule has 90 valence electrons. The summed E-state index contributed by atoms with van der Waals surface area (Å²) >= 11 is 1.53. The van der Waals surface area contributed by atoms with Crippen molar-refractivity contribution >= 4 is 22.4 Å². The van der Waals surface area contributed by atoms with Crippen LogP contribution < -0.4 is 10.6 Å². The summed E-state index contributed by atoms with van der Waals surface area (Å²) in [5.41, 5.74) is 5.67. The van der Waals surface area contributed by atoms with Crippen LogP contribution in [-0.2, 0) is 0 Å². The van der Waals surface area contributed by atoms with E-state index >= 15 is 0 Å². The second-order valence-electron chi connectivity index (χ2n) is 5.01. The van der Waals surface area contributed by atoms with Crippen LogP contribution in [0.25, 0.3) is 0 Å². The van der Waals surface area contributed by atoms with Crippen LogP contribution in [0, 0.1) is 11.8 Å². The van der Waals surface area contributed by atoms with Gasteiger partial charge in [-0.05, 0) is 42.6 Å². The highest BCUT2D eigenvalue weighted by Gasteiger charge is 2.20. The van der Waals surface area contributed by atoms with Crippen molar-refractivity contribution in [2.75, 3.05) is 23.7 Å². The molecule has 2 heterocycles. The Hall–Kier alpha value is -0.770. The van der Waals surface area contributed by atoms with E-state index in [0.29, 0.717) is 5.82 Å². The minimum Gasteiger partial charge on any atom is -0.383 e. The molecular formula is C12H21N3S. The smallest absolute Gasteiger partial charge is 0.139 e. The van der Waals surface area contributed by atoms with Crippen LogP contribution in [0.15, 0.2) is 6.07 Å². The van der Waals surface area contributed by atoms with Gasteiger partial charge >= 0.3 is 0 Å². The van der Waals surface area contributed by atoms with Gasteiger partial charge in [0.2, 0.25) is 0 Å². The van der Waals surface area contributed by atoms with Crippen LogP contribution in [0.1, 0.15) is 33.1 Å². The summed E-state index contributed by atoms with van der Waals surface area (Å²) in [6.45, 7) is 6.99. The molecule has 4 heteroatoms. The van der Waals surface area contributed by atoms with E-state index < -0.39 is 0 Å².